The number of anilines is 1. The fourth-order valence-corrected chi connectivity index (χ4v) is 4.51. The van der Waals surface area contributed by atoms with E-state index < -0.39 is 0 Å². The third kappa shape index (κ3) is 2.74. The van der Waals surface area contributed by atoms with E-state index in [2.05, 4.69) is 32.8 Å². The zero-order valence-corrected chi connectivity index (χ0v) is 14.7. The topological polar surface area (TPSA) is 49.6 Å². The molecule has 2 fully saturated rings. The van der Waals surface area contributed by atoms with Crippen LogP contribution in [0.15, 0.2) is 16.6 Å². The number of nitro benzene ring substituents is 1. The summed E-state index contributed by atoms with van der Waals surface area (Å²) in [7, 11) is 2.18. The Balaban J connectivity index is 1.79. The van der Waals surface area contributed by atoms with Crippen LogP contribution in [0.3, 0.4) is 0 Å². The number of aryl methyl sites for hydroxylation is 1. The lowest BCUT2D eigenvalue weighted by Gasteiger charge is -2.53. The van der Waals surface area contributed by atoms with E-state index in [-0.39, 0.29) is 10.6 Å². The zero-order chi connectivity index (χ0) is 15.9. The summed E-state index contributed by atoms with van der Waals surface area (Å²) in [6, 6.07) is 3.66. The van der Waals surface area contributed by atoms with E-state index in [1.54, 1.807) is 6.07 Å². The molecule has 3 rings (SSSR count). The van der Waals surface area contributed by atoms with Crippen LogP contribution in [0.4, 0.5) is 11.4 Å². The monoisotopic (exact) mass is 367 g/mol. The fourth-order valence-electron chi connectivity index (χ4n) is 3.93. The Morgan fingerprint density at radius 1 is 1.32 bits per heavy atom. The van der Waals surface area contributed by atoms with Gasteiger partial charge in [0.15, 0.2) is 0 Å². The smallest absolute Gasteiger partial charge is 0.273 e. The second-order valence-corrected chi connectivity index (χ2v) is 7.56. The van der Waals surface area contributed by atoms with Gasteiger partial charge in [-0.3, -0.25) is 10.1 Å². The Kier molecular flexibility index (Phi) is 4.16. The molecule has 120 valence electrons. The van der Waals surface area contributed by atoms with Gasteiger partial charge in [-0.2, -0.15) is 0 Å². The van der Waals surface area contributed by atoms with Gasteiger partial charge in [-0.25, -0.2) is 0 Å². The summed E-state index contributed by atoms with van der Waals surface area (Å²) in [5, 5.41) is 11.1. The molecule has 22 heavy (non-hydrogen) atoms. The molecule has 1 spiro atoms. The van der Waals surface area contributed by atoms with Gasteiger partial charge in [-0.1, -0.05) is 6.92 Å². The minimum absolute atomic E-state index is 0.215. The molecule has 5 nitrogen and oxygen atoms in total. The van der Waals surface area contributed by atoms with E-state index in [0.717, 1.165) is 28.8 Å². The lowest BCUT2D eigenvalue weighted by Crippen LogP contribution is -2.58. The number of likely N-dealkylation sites (tertiary alicyclic amines) is 1. The largest absolute Gasteiger partial charge is 0.371 e. The summed E-state index contributed by atoms with van der Waals surface area (Å²) in [6.45, 7) is 6.46. The van der Waals surface area contributed by atoms with Gasteiger partial charge < -0.3 is 9.80 Å². The van der Waals surface area contributed by atoms with Gasteiger partial charge in [0.25, 0.3) is 5.69 Å². The van der Waals surface area contributed by atoms with Crippen LogP contribution in [-0.4, -0.2) is 43.0 Å². The average Bonchev–Trinajstić information content (AvgIpc) is 2.46. The van der Waals surface area contributed by atoms with Crippen LogP contribution >= 0.6 is 15.9 Å². The number of piperidine rings is 1. The van der Waals surface area contributed by atoms with Gasteiger partial charge in [-0.05, 0) is 53.7 Å². The van der Waals surface area contributed by atoms with Crippen molar-refractivity contribution in [2.45, 2.75) is 26.2 Å². The summed E-state index contributed by atoms with van der Waals surface area (Å²) in [4.78, 5) is 15.6. The number of hydrogen-bond acceptors (Lipinski definition) is 4. The lowest BCUT2D eigenvalue weighted by molar-refractivity contribution is -0.385. The van der Waals surface area contributed by atoms with Crippen LogP contribution in [0.25, 0.3) is 0 Å². The molecule has 6 heteroatoms. The molecule has 0 aromatic heterocycles. The molecule has 0 unspecified atom stereocenters. The van der Waals surface area contributed by atoms with Gasteiger partial charge in [-0.15, -0.1) is 0 Å². The molecule has 2 heterocycles. The van der Waals surface area contributed by atoms with Crippen molar-refractivity contribution in [3.8, 4) is 0 Å². The second-order valence-electron chi connectivity index (χ2n) is 6.70. The van der Waals surface area contributed by atoms with E-state index in [9.17, 15) is 10.1 Å². The van der Waals surface area contributed by atoms with Crippen LogP contribution in [0.2, 0.25) is 0 Å². The molecule has 1 aromatic rings. The van der Waals surface area contributed by atoms with Crippen molar-refractivity contribution in [3.63, 3.8) is 0 Å². The third-order valence-corrected chi connectivity index (χ3v) is 5.74. The van der Waals surface area contributed by atoms with E-state index in [1.165, 1.54) is 25.9 Å². The highest BCUT2D eigenvalue weighted by Gasteiger charge is 2.43. The quantitative estimate of drug-likeness (QED) is 0.606. The van der Waals surface area contributed by atoms with E-state index in [1.807, 2.05) is 13.0 Å². The first kappa shape index (κ1) is 15.7. The third-order valence-electron chi connectivity index (χ3n) is 5.10. The molecule has 0 bridgehead atoms. The first-order valence-corrected chi connectivity index (χ1v) is 8.64. The lowest BCUT2D eigenvalue weighted by atomic mass is 9.72. The van der Waals surface area contributed by atoms with Crippen molar-refractivity contribution in [1.29, 1.82) is 0 Å². The Morgan fingerprint density at radius 3 is 2.45 bits per heavy atom. The minimum Gasteiger partial charge on any atom is -0.371 e. The number of hydrogen-bond donors (Lipinski definition) is 0. The predicted molar refractivity (Wildman–Crippen MR) is 91.6 cm³/mol. The average molecular weight is 368 g/mol. The predicted octanol–water partition coefficient (Wildman–Crippen LogP) is 3.45. The number of nitro groups is 1. The summed E-state index contributed by atoms with van der Waals surface area (Å²) in [5.41, 5.74) is 2.65. The van der Waals surface area contributed by atoms with Crippen LogP contribution in [0, 0.1) is 15.5 Å². The molecule has 0 saturated carbocycles. The summed E-state index contributed by atoms with van der Waals surface area (Å²) in [5.74, 6) is 0. The van der Waals surface area contributed by atoms with Crippen molar-refractivity contribution in [2.75, 3.05) is 38.1 Å². The molecule has 2 saturated heterocycles. The highest BCUT2D eigenvalue weighted by Crippen LogP contribution is 2.42. The maximum absolute atomic E-state index is 11.1. The van der Waals surface area contributed by atoms with Gasteiger partial charge in [0.05, 0.1) is 10.6 Å². The Bertz CT molecular complexity index is 589. The molecular weight excluding hydrogens is 346 g/mol. The van der Waals surface area contributed by atoms with Crippen molar-refractivity contribution < 1.29 is 4.92 Å². The van der Waals surface area contributed by atoms with Gasteiger partial charge in [0.1, 0.15) is 0 Å². The summed E-state index contributed by atoms with van der Waals surface area (Å²) < 4.78 is 0.832. The van der Waals surface area contributed by atoms with E-state index in [0.29, 0.717) is 11.8 Å². The van der Waals surface area contributed by atoms with Gasteiger partial charge in [0.2, 0.25) is 0 Å². The van der Waals surface area contributed by atoms with Crippen LogP contribution in [0.5, 0.6) is 0 Å². The normalized spacial score (nSPS) is 21.0. The number of rotatable bonds is 3. The van der Waals surface area contributed by atoms with Crippen molar-refractivity contribution in [3.05, 3.63) is 32.3 Å². The number of halogens is 1. The van der Waals surface area contributed by atoms with Crippen LogP contribution < -0.4 is 4.90 Å². The molecule has 0 N–H and O–H groups in total. The molecule has 1 aromatic carbocycles. The van der Waals surface area contributed by atoms with Crippen molar-refractivity contribution in [2.24, 2.45) is 5.41 Å². The molecule has 0 amide bonds. The van der Waals surface area contributed by atoms with Crippen molar-refractivity contribution in [1.82, 2.24) is 4.90 Å². The molecule has 0 atom stereocenters. The standard InChI is InChI=1S/C16H22BrN3O2/c1-3-12-8-15(13(17)9-14(12)20(21)22)19-6-4-16(5-7-19)10-18(2)11-16/h8-9H,3-7,10-11H2,1-2H3. The maximum atomic E-state index is 11.1. The fraction of sp³-hybridized carbons (Fsp3) is 0.625. The van der Waals surface area contributed by atoms with Crippen LogP contribution in [0.1, 0.15) is 25.3 Å². The molecular formula is C16H22BrN3O2. The number of benzene rings is 1. The molecule has 2 aliphatic rings. The van der Waals surface area contributed by atoms with Crippen molar-refractivity contribution >= 4 is 27.3 Å². The molecule has 2 aliphatic heterocycles. The zero-order valence-electron chi connectivity index (χ0n) is 13.1. The Morgan fingerprint density at radius 2 is 1.95 bits per heavy atom. The highest BCUT2D eigenvalue weighted by atomic mass is 79.9. The van der Waals surface area contributed by atoms with Gasteiger partial charge >= 0.3 is 0 Å². The summed E-state index contributed by atoms with van der Waals surface area (Å²) >= 11 is 3.53. The first-order chi connectivity index (χ1) is 10.4. The minimum atomic E-state index is -0.289. The highest BCUT2D eigenvalue weighted by molar-refractivity contribution is 9.10. The van der Waals surface area contributed by atoms with Gasteiger partial charge in [0, 0.05) is 42.3 Å². The SMILES string of the molecule is CCc1cc(N2CCC3(CC2)CN(C)C3)c(Br)cc1[N+](=O)[O-]. The van der Waals surface area contributed by atoms with E-state index >= 15 is 0 Å². The van der Waals surface area contributed by atoms with E-state index in [4.69, 9.17) is 0 Å². The summed E-state index contributed by atoms with van der Waals surface area (Å²) in [6.07, 6.45) is 3.10. The first-order valence-electron chi connectivity index (χ1n) is 7.84. The second kappa shape index (κ2) is 5.81. The number of nitrogens with zero attached hydrogens (tertiary/aromatic N) is 3. The molecule has 0 radical (unpaired) electrons. The molecule has 0 aliphatic carbocycles. The van der Waals surface area contributed by atoms with Crippen LogP contribution in [-0.2, 0) is 6.42 Å². The Labute approximate surface area is 139 Å². The Hall–Kier alpha value is -1.14. The maximum Gasteiger partial charge on any atom is 0.273 e.